The van der Waals surface area contributed by atoms with E-state index in [2.05, 4.69) is 20.9 Å². The third-order valence-corrected chi connectivity index (χ3v) is 4.06. The van der Waals surface area contributed by atoms with Crippen molar-refractivity contribution >= 4 is 21.6 Å². The van der Waals surface area contributed by atoms with Gasteiger partial charge in [0.05, 0.1) is 36.2 Å². The maximum absolute atomic E-state index is 6.01. The van der Waals surface area contributed by atoms with Crippen LogP contribution in [0.2, 0.25) is 0 Å². The normalized spacial score (nSPS) is 15.8. The van der Waals surface area contributed by atoms with E-state index in [4.69, 9.17) is 15.2 Å². The molecule has 0 unspecified atom stereocenters. The molecule has 1 aliphatic rings. The summed E-state index contributed by atoms with van der Waals surface area (Å²) in [5, 5.41) is 0. The van der Waals surface area contributed by atoms with E-state index in [0.717, 1.165) is 40.9 Å². The SMILES string of the molecule is COc1ccc(COCC(N)=C(Br)C2=NCCC2)cc1. The Bertz CT molecular complexity index is 509. The smallest absolute Gasteiger partial charge is 0.118 e. The second-order valence-electron chi connectivity index (χ2n) is 4.61. The summed E-state index contributed by atoms with van der Waals surface area (Å²) in [6.07, 6.45) is 2.09. The Balaban J connectivity index is 1.83. The molecule has 0 amide bonds. The van der Waals surface area contributed by atoms with Crippen molar-refractivity contribution in [3.63, 3.8) is 0 Å². The van der Waals surface area contributed by atoms with Crippen LogP contribution in [-0.2, 0) is 11.3 Å². The lowest BCUT2D eigenvalue weighted by Gasteiger charge is -2.08. The molecule has 0 saturated heterocycles. The molecule has 1 aromatic rings. The highest BCUT2D eigenvalue weighted by Gasteiger charge is 2.12. The average molecular weight is 339 g/mol. The Labute approximate surface area is 127 Å². The number of nitrogens with two attached hydrogens (primary N) is 1. The maximum Gasteiger partial charge on any atom is 0.118 e. The molecule has 4 nitrogen and oxygen atoms in total. The van der Waals surface area contributed by atoms with E-state index in [-0.39, 0.29) is 0 Å². The van der Waals surface area contributed by atoms with Crippen LogP contribution in [-0.4, -0.2) is 26.0 Å². The minimum absolute atomic E-state index is 0.394. The van der Waals surface area contributed by atoms with E-state index < -0.39 is 0 Å². The van der Waals surface area contributed by atoms with E-state index in [9.17, 15) is 0 Å². The summed E-state index contributed by atoms with van der Waals surface area (Å²) >= 11 is 3.50. The Morgan fingerprint density at radius 3 is 2.70 bits per heavy atom. The van der Waals surface area contributed by atoms with E-state index in [1.807, 2.05) is 24.3 Å². The van der Waals surface area contributed by atoms with Gasteiger partial charge in [0, 0.05) is 6.54 Å². The lowest BCUT2D eigenvalue weighted by molar-refractivity contribution is 0.141. The number of benzene rings is 1. The fourth-order valence-electron chi connectivity index (χ4n) is 1.97. The highest BCUT2D eigenvalue weighted by molar-refractivity contribution is 9.12. The highest BCUT2D eigenvalue weighted by atomic mass is 79.9. The van der Waals surface area contributed by atoms with Gasteiger partial charge in [0.1, 0.15) is 5.75 Å². The molecule has 0 fully saturated rings. The van der Waals surface area contributed by atoms with Gasteiger partial charge in [-0.15, -0.1) is 0 Å². The largest absolute Gasteiger partial charge is 0.497 e. The first-order valence-corrected chi connectivity index (χ1v) is 7.38. The van der Waals surface area contributed by atoms with Gasteiger partial charge in [0.25, 0.3) is 0 Å². The zero-order chi connectivity index (χ0) is 14.4. The third kappa shape index (κ3) is 4.08. The van der Waals surface area contributed by atoms with Crippen LogP contribution in [0.15, 0.2) is 39.4 Å². The minimum atomic E-state index is 0.394. The number of nitrogens with zero attached hydrogens (tertiary/aromatic N) is 1. The Morgan fingerprint density at radius 2 is 2.10 bits per heavy atom. The van der Waals surface area contributed by atoms with Crippen LogP contribution in [0.5, 0.6) is 5.75 Å². The number of hydrogen-bond acceptors (Lipinski definition) is 4. The highest BCUT2D eigenvalue weighted by Crippen LogP contribution is 2.19. The van der Waals surface area contributed by atoms with Gasteiger partial charge >= 0.3 is 0 Å². The molecule has 1 aromatic carbocycles. The summed E-state index contributed by atoms with van der Waals surface area (Å²) in [6, 6.07) is 7.80. The Hall–Kier alpha value is -1.33. The lowest BCUT2D eigenvalue weighted by atomic mass is 10.2. The molecular formula is C15H19BrN2O2. The molecule has 2 rings (SSSR count). The van der Waals surface area contributed by atoms with Gasteiger partial charge < -0.3 is 15.2 Å². The number of aliphatic imine (C=N–C) groups is 1. The predicted octanol–water partition coefficient (Wildman–Crippen LogP) is 3.01. The summed E-state index contributed by atoms with van der Waals surface area (Å²) in [6.45, 7) is 1.81. The average Bonchev–Trinajstić information content (AvgIpc) is 3.01. The number of methoxy groups -OCH3 is 1. The molecule has 1 aliphatic heterocycles. The van der Waals surface area contributed by atoms with Crippen LogP contribution in [0.3, 0.4) is 0 Å². The molecule has 108 valence electrons. The Morgan fingerprint density at radius 1 is 1.35 bits per heavy atom. The maximum atomic E-state index is 6.01. The number of ether oxygens (including phenoxy) is 2. The zero-order valence-corrected chi connectivity index (χ0v) is 13.1. The molecule has 1 heterocycles. The molecule has 0 atom stereocenters. The van der Waals surface area contributed by atoms with Crippen molar-refractivity contribution in [1.82, 2.24) is 0 Å². The number of rotatable bonds is 6. The van der Waals surface area contributed by atoms with Crippen LogP contribution in [0.25, 0.3) is 0 Å². The molecular weight excluding hydrogens is 320 g/mol. The van der Waals surface area contributed by atoms with Gasteiger partial charge in [-0.1, -0.05) is 12.1 Å². The van der Waals surface area contributed by atoms with Gasteiger partial charge in [-0.2, -0.15) is 0 Å². The van der Waals surface area contributed by atoms with Crippen molar-refractivity contribution in [3.05, 3.63) is 40.0 Å². The number of allylic oxidation sites excluding steroid dienone is 1. The van der Waals surface area contributed by atoms with E-state index in [1.165, 1.54) is 0 Å². The van der Waals surface area contributed by atoms with Crippen molar-refractivity contribution in [2.24, 2.45) is 10.7 Å². The van der Waals surface area contributed by atoms with Crippen LogP contribution in [0.1, 0.15) is 18.4 Å². The molecule has 0 bridgehead atoms. The van der Waals surface area contributed by atoms with Crippen molar-refractivity contribution < 1.29 is 9.47 Å². The minimum Gasteiger partial charge on any atom is -0.497 e. The third-order valence-electron chi connectivity index (χ3n) is 3.09. The van der Waals surface area contributed by atoms with Crippen LogP contribution in [0, 0.1) is 0 Å². The Kier molecular flexibility index (Phi) is 5.61. The summed E-state index contributed by atoms with van der Waals surface area (Å²) in [7, 11) is 1.65. The molecule has 2 N–H and O–H groups in total. The van der Waals surface area contributed by atoms with Gasteiger partial charge in [-0.3, -0.25) is 4.99 Å². The predicted molar refractivity (Wildman–Crippen MR) is 84.3 cm³/mol. The van der Waals surface area contributed by atoms with Crippen LogP contribution in [0.4, 0.5) is 0 Å². The molecule has 0 saturated carbocycles. The lowest BCUT2D eigenvalue weighted by Crippen LogP contribution is -2.12. The van der Waals surface area contributed by atoms with Crippen LogP contribution < -0.4 is 10.5 Å². The summed E-state index contributed by atoms with van der Waals surface area (Å²) in [4.78, 5) is 4.40. The molecule has 0 spiro atoms. The molecule has 0 radical (unpaired) electrons. The van der Waals surface area contributed by atoms with E-state index >= 15 is 0 Å². The first-order valence-electron chi connectivity index (χ1n) is 6.59. The fourth-order valence-corrected chi connectivity index (χ4v) is 2.41. The topological polar surface area (TPSA) is 56.8 Å². The number of halogens is 1. The van der Waals surface area contributed by atoms with Crippen molar-refractivity contribution in [1.29, 1.82) is 0 Å². The van der Waals surface area contributed by atoms with Crippen molar-refractivity contribution in [2.75, 3.05) is 20.3 Å². The first kappa shape index (κ1) is 15.1. The molecule has 0 aliphatic carbocycles. The van der Waals surface area contributed by atoms with Gasteiger partial charge in [0.15, 0.2) is 0 Å². The van der Waals surface area contributed by atoms with Crippen LogP contribution >= 0.6 is 15.9 Å². The summed E-state index contributed by atoms with van der Waals surface area (Å²) in [5.74, 6) is 0.843. The number of hydrogen-bond donors (Lipinski definition) is 1. The quantitative estimate of drug-likeness (QED) is 0.867. The molecule has 20 heavy (non-hydrogen) atoms. The second kappa shape index (κ2) is 7.45. The fraction of sp³-hybridized carbons (Fsp3) is 0.400. The van der Waals surface area contributed by atoms with Crippen molar-refractivity contribution in [3.8, 4) is 5.75 Å². The molecule has 5 heteroatoms. The second-order valence-corrected chi connectivity index (χ2v) is 5.41. The summed E-state index contributed by atoms with van der Waals surface area (Å²) < 4.78 is 11.6. The molecule has 0 aromatic heterocycles. The summed E-state index contributed by atoms with van der Waals surface area (Å²) in [5.41, 5.74) is 8.85. The van der Waals surface area contributed by atoms with Gasteiger partial charge in [-0.05, 0) is 46.5 Å². The van der Waals surface area contributed by atoms with E-state index in [1.54, 1.807) is 7.11 Å². The van der Waals surface area contributed by atoms with Crippen molar-refractivity contribution in [2.45, 2.75) is 19.4 Å². The van der Waals surface area contributed by atoms with Gasteiger partial charge in [0.2, 0.25) is 0 Å². The first-order chi connectivity index (χ1) is 9.70. The monoisotopic (exact) mass is 338 g/mol. The van der Waals surface area contributed by atoms with Gasteiger partial charge in [-0.25, -0.2) is 0 Å². The standard InChI is InChI=1S/C15H19BrN2O2/c1-19-12-6-4-11(5-7-12)9-20-10-13(17)15(16)14-3-2-8-18-14/h4-7H,2-3,8-10,17H2,1H3. The van der Waals surface area contributed by atoms with E-state index in [0.29, 0.717) is 18.9 Å². The zero-order valence-electron chi connectivity index (χ0n) is 11.6.